The van der Waals surface area contributed by atoms with Gasteiger partial charge in [-0.15, -0.1) is 0 Å². The number of benzene rings is 1. The van der Waals surface area contributed by atoms with E-state index in [9.17, 15) is 4.79 Å². The Hall–Kier alpha value is -0.870. The average molecular weight is 300 g/mol. The van der Waals surface area contributed by atoms with Gasteiger partial charge >= 0.3 is 0 Å². The van der Waals surface area contributed by atoms with Gasteiger partial charge in [0.15, 0.2) is 0 Å². The fourth-order valence-electron chi connectivity index (χ4n) is 1.56. The molecule has 94 valence electrons. The molecule has 3 nitrogen and oxygen atoms in total. The van der Waals surface area contributed by atoms with E-state index >= 15 is 0 Å². The molecular formula is C13H18BrNO2. The van der Waals surface area contributed by atoms with E-state index in [0.717, 1.165) is 10.9 Å². The monoisotopic (exact) mass is 299 g/mol. The number of carbonyl (C=O) groups excluding carboxylic acids is 1. The van der Waals surface area contributed by atoms with E-state index in [-0.39, 0.29) is 18.6 Å². The van der Waals surface area contributed by atoms with Gasteiger partial charge in [-0.3, -0.25) is 4.79 Å². The van der Waals surface area contributed by atoms with Gasteiger partial charge < -0.3 is 10.1 Å². The number of carbonyl (C=O) groups is 1. The Balaban J connectivity index is 2.42. The maximum Gasteiger partial charge on any atom is 0.246 e. The molecular weight excluding hydrogens is 282 g/mol. The molecule has 17 heavy (non-hydrogen) atoms. The third-order valence-electron chi connectivity index (χ3n) is 2.33. The number of hydrogen-bond acceptors (Lipinski definition) is 2. The molecule has 1 amide bonds. The summed E-state index contributed by atoms with van der Waals surface area (Å²) >= 11 is 3.50. The zero-order chi connectivity index (χ0) is 12.7. The van der Waals surface area contributed by atoms with E-state index in [1.807, 2.05) is 32.0 Å². The van der Waals surface area contributed by atoms with Crippen LogP contribution in [0.1, 0.15) is 19.4 Å². The number of hydrogen-bond donors (Lipinski definition) is 1. The molecule has 0 radical (unpaired) electrons. The van der Waals surface area contributed by atoms with Crippen molar-refractivity contribution in [3.05, 3.63) is 34.3 Å². The van der Waals surface area contributed by atoms with E-state index in [1.54, 1.807) is 0 Å². The van der Waals surface area contributed by atoms with Gasteiger partial charge in [0.2, 0.25) is 5.91 Å². The van der Waals surface area contributed by atoms with E-state index < -0.39 is 0 Å². The lowest BCUT2D eigenvalue weighted by Crippen LogP contribution is -2.36. The molecule has 4 heteroatoms. The smallest absolute Gasteiger partial charge is 0.246 e. The number of amides is 1. The number of nitrogens with one attached hydrogen (secondary N) is 1. The second-order valence-corrected chi connectivity index (χ2v) is 4.76. The van der Waals surface area contributed by atoms with Crippen molar-refractivity contribution >= 4 is 21.8 Å². The van der Waals surface area contributed by atoms with Gasteiger partial charge in [0.05, 0.1) is 0 Å². The van der Waals surface area contributed by atoms with E-state index in [0.29, 0.717) is 6.61 Å². The minimum atomic E-state index is -0.0635. The zero-order valence-corrected chi connectivity index (χ0v) is 11.8. The maximum atomic E-state index is 11.4. The van der Waals surface area contributed by atoms with Crippen LogP contribution in [0.4, 0.5) is 0 Å². The summed E-state index contributed by atoms with van der Waals surface area (Å²) in [4.78, 5) is 11.4. The summed E-state index contributed by atoms with van der Waals surface area (Å²) in [5.41, 5.74) is 1.19. The van der Waals surface area contributed by atoms with E-state index in [1.165, 1.54) is 5.56 Å². The number of rotatable bonds is 6. The van der Waals surface area contributed by atoms with Crippen molar-refractivity contribution in [1.82, 2.24) is 5.32 Å². The maximum absolute atomic E-state index is 11.4. The Bertz CT molecular complexity index is 368. The fourth-order valence-corrected chi connectivity index (χ4v) is 2.00. The summed E-state index contributed by atoms with van der Waals surface area (Å²) in [5, 5.41) is 2.91. The van der Waals surface area contributed by atoms with Crippen molar-refractivity contribution in [2.24, 2.45) is 0 Å². The van der Waals surface area contributed by atoms with Gasteiger partial charge in [-0.05, 0) is 31.9 Å². The van der Waals surface area contributed by atoms with Gasteiger partial charge in [-0.1, -0.05) is 34.1 Å². The summed E-state index contributed by atoms with van der Waals surface area (Å²) < 4.78 is 6.12. The molecule has 0 aromatic heterocycles. The van der Waals surface area contributed by atoms with Crippen molar-refractivity contribution in [2.75, 3.05) is 13.2 Å². The lowest BCUT2D eigenvalue weighted by molar-refractivity contribution is -0.126. The molecule has 1 atom stereocenters. The van der Waals surface area contributed by atoms with Crippen molar-refractivity contribution < 1.29 is 9.53 Å². The first-order valence-electron chi connectivity index (χ1n) is 5.74. The van der Waals surface area contributed by atoms with Crippen LogP contribution in [0.25, 0.3) is 0 Å². The Morgan fingerprint density at radius 1 is 1.47 bits per heavy atom. The topological polar surface area (TPSA) is 38.3 Å². The van der Waals surface area contributed by atoms with Crippen LogP contribution in [0.15, 0.2) is 28.7 Å². The number of halogens is 1. The molecule has 0 aliphatic heterocycles. The molecule has 1 aromatic rings. The largest absolute Gasteiger partial charge is 0.372 e. The third-order valence-corrected chi connectivity index (χ3v) is 3.10. The average Bonchev–Trinajstić information content (AvgIpc) is 2.29. The van der Waals surface area contributed by atoms with E-state index in [4.69, 9.17) is 4.74 Å². The molecule has 0 fully saturated rings. The second kappa shape index (κ2) is 7.45. The first kappa shape index (κ1) is 14.2. The predicted molar refractivity (Wildman–Crippen MR) is 71.9 cm³/mol. The summed E-state index contributed by atoms with van der Waals surface area (Å²) in [6.45, 7) is 4.56. The Morgan fingerprint density at radius 2 is 2.18 bits per heavy atom. The predicted octanol–water partition coefficient (Wildman–Crippen LogP) is 2.53. The van der Waals surface area contributed by atoms with Crippen LogP contribution in [0.2, 0.25) is 0 Å². The van der Waals surface area contributed by atoms with Gasteiger partial charge in [-0.2, -0.15) is 0 Å². The molecule has 0 aliphatic rings. The molecule has 0 saturated heterocycles. The SMILES string of the molecule is CCOCC(=O)N[C@@H](C)Cc1ccccc1Br. The second-order valence-electron chi connectivity index (χ2n) is 3.90. The summed E-state index contributed by atoms with van der Waals surface area (Å²) in [5.74, 6) is -0.0635. The summed E-state index contributed by atoms with van der Waals surface area (Å²) in [7, 11) is 0. The molecule has 1 rings (SSSR count). The minimum absolute atomic E-state index is 0.0635. The Morgan fingerprint density at radius 3 is 2.82 bits per heavy atom. The first-order valence-corrected chi connectivity index (χ1v) is 6.53. The van der Waals surface area contributed by atoms with Crippen LogP contribution >= 0.6 is 15.9 Å². The van der Waals surface area contributed by atoms with Gasteiger partial charge in [0.25, 0.3) is 0 Å². The molecule has 0 unspecified atom stereocenters. The van der Waals surface area contributed by atoms with Gasteiger partial charge in [0.1, 0.15) is 6.61 Å². The van der Waals surface area contributed by atoms with Crippen LogP contribution in [-0.4, -0.2) is 25.2 Å². The highest BCUT2D eigenvalue weighted by Crippen LogP contribution is 2.17. The lowest BCUT2D eigenvalue weighted by Gasteiger charge is -2.14. The van der Waals surface area contributed by atoms with Gasteiger partial charge in [0, 0.05) is 17.1 Å². The van der Waals surface area contributed by atoms with Crippen molar-refractivity contribution in [3.63, 3.8) is 0 Å². The minimum Gasteiger partial charge on any atom is -0.372 e. The molecule has 1 aromatic carbocycles. The normalized spacial score (nSPS) is 12.2. The van der Waals surface area contributed by atoms with Gasteiger partial charge in [-0.25, -0.2) is 0 Å². The molecule has 0 bridgehead atoms. The summed E-state index contributed by atoms with van der Waals surface area (Å²) in [6, 6.07) is 8.13. The summed E-state index contributed by atoms with van der Waals surface area (Å²) in [6.07, 6.45) is 0.805. The highest BCUT2D eigenvalue weighted by molar-refractivity contribution is 9.10. The van der Waals surface area contributed by atoms with Crippen LogP contribution < -0.4 is 5.32 Å². The van der Waals surface area contributed by atoms with Crippen molar-refractivity contribution in [2.45, 2.75) is 26.3 Å². The molecule has 0 saturated carbocycles. The third kappa shape index (κ3) is 5.33. The Kier molecular flexibility index (Phi) is 6.22. The van der Waals surface area contributed by atoms with Crippen molar-refractivity contribution in [1.29, 1.82) is 0 Å². The quantitative estimate of drug-likeness (QED) is 0.877. The molecule has 0 heterocycles. The standard InChI is InChI=1S/C13H18BrNO2/c1-3-17-9-13(16)15-10(2)8-11-6-4-5-7-12(11)14/h4-7,10H,3,8-9H2,1-2H3,(H,15,16)/t10-/m0/s1. The number of ether oxygens (including phenoxy) is 1. The highest BCUT2D eigenvalue weighted by Gasteiger charge is 2.09. The van der Waals surface area contributed by atoms with Crippen LogP contribution in [0, 0.1) is 0 Å². The first-order chi connectivity index (χ1) is 8.13. The van der Waals surface area contributed by atoms with Crippen LogP contribution in [0.3, 0.4) is 0 Å². The molecule has 0 spiro atoms. The fraction of sp³-hybridized carbons (Fsp3) is 0.462. The molecule has 1 N–H and O–H groups in total. The lowest BCUT2D eigenvalue weighted by atomic mass is 10.1. The van der Waals surface area contributed by atoms with Crippen molar-refractivity contribution in [3.8, 4) is 0 Å². The highest BCUT2D eigenvalue weighted by atomic mass is 79.9. The Labute approximate surface area is 111 Å². The van der Waals surface area contributed by atoms with Crippen LogP contribution in [-0.2, 0) is 16.0 Å². The van der Waals surface area contributed by atoms with E-state index in [2.05, 4.69) is 27.3 Å². The zero-order valence-electron chi connectivity index (χ0n) is 10.2. The van der Waals surface area contributed by atoms with Crippen LogP contribution in [0.5, 0.6) is 0 Å². The molecule has 0 aliphatic carbocycles.